The van der Waals surface area contributed by atoms with Gasteiger partial charge in [0, 0.05) is 11.3 Å². The van der Waals surface area contributed by atoms with E-state index in [2.05, 4.69) is 5.32 Å². The molecule has 0 fully saturated rings. The summed E-state index contributed by atoms with van der Waals surface area (Å²) in [6.07, 6.45) is -0.650. The third-order valence-corrected chi connectivity index (χ3v) is 4.81. The zero-order valence-electron chi connectivity index (χ0n) is 14.2. The monoisotopic (exact) mass is 403 g/mol. The maximum Gasteiger partial charge on any atom is 0.312 e. The number of aromatic hydroxyl groups is 1. The standard InChI is InChI=1S/C20H15Cl2NO4/c1-10-12-3-2-4-14(13(12)5-6-17(10)24)20-15(21)7-11(8-16(20)22)23-18(25)9-19(26)27/h2-8,24H,9H2,1H3,(H,23,25)(H,26,27). The maximum absolute atomic E-state index is 11.6. The normalized spacial score (nSPS) is 10.8. The van der Waals surface area contributed by atoms with Gasteiger partial charge in [-0.2, -0.15) is 0 Å². The molecule has 3 N–H and O–H groups in total. The highest BCUT2D eigenvalue weighted by atomic mass is 35.5. The predicted molar refractivity (Wildman–Crippen MR) is 107 cm³/mol. The molecule has 0 aliphatic heterocycles. The number of halogens is 2. The number of carboxylic acids is 1. The van der Waals surface area contributed by atoms with E-state index in [-0.39, 0.29) is 5.75 Å². The molecule has 0 saturated carbocycles. The summed E-state index contributed by atoms with van der Waals surface area (Å²) in [7, 11) is 0. The van der Waals surface area contributed by atoms with Crippen LogP contribution in [-0.2, 0) is 9.59 Å². The van der Waals surface area contributed by atoms with E-state index in [1.165, 1.54) is 12.1 Å². The molecule has 0 atom stereocenters. The number of phenolic OH excluding ortho intramolecular Hbond substituents is 1. The zero-order valence-corrected chi connectivity index (χ0v) is 15.7. The molecule has 1 amide bonds. The second-order valence-electron chi connectivity index (χ2n) is 6.04. The Balaban J connectivity index is 2.08. The largest absolute Gasteiger partial charge is 0.508 e. The number of fused-ring (bicyclic) bond motifs is 1. The van der Waals surface area contributed by atoms with Crippen molar-refractivity contribution in [2.24, 2.45) is 0 Å². The summed E-state index contributed by atoms with van der Waals surface area (Å²) in [5, 5.41) is 23.4. The summed E-state index contributed by atoms with van der Waals surface area (Å²) < 4.78 is 0. The Morgan fingerprint density at radius 2 is 1.70 bits per heavy atom. The number of anilines is 1. The maximum atomic E-state index is 11.6. The van der Waals surface area contributed by atoms with E-state index < -0.39 is 18.3 Å². The van der Waals surface area contributed by atoms with Crippen LogP contribution in [0.15, 0.2) is 42.5 Å². The first kappa shape index (κ1) is 19.0. The number of rotatable bonds is 4. The Bertz CT molecular complexity index is 1060. The van der Waals surface area contributed by atoms with Gasteiger partial charge in [0.25, 0.3) is 0 Å². The zero-order chi connectivity index (χ0) is 19.7. The van der Waals surface area contributed by atoms with Crippen LogP contribution in [0.1, 0.15) is 12.0 Å². The van der Waals surface area contributed by atoms with E-state index in [0.29, 0.717) is 21.3 Å². The van der Waals surface area contributed by atoms with Gasteiger partial charge >= 0.3 is 5.97 Å². The van der Waals surface area contributed by atoms with E-state index in [0.717, 1.165) is 21.9 Å². The molecule has 7 heteroatoms. The lowest BCUT2D eigenvalue weighted by atomic mass is 9.95. The van der Waals surface area contributed by atoms with Gasteiger partial charge < -0.3 is 15.5 Å². The summed E-state index contributed by atoms with van der Waals surface area (Å²) in [6, 6.07) is 12.1. The molecule has 0 aliphatic carbocycles. The average Bonchev–Trinajstić information content (AvgIpc) is 2.57. The second kappa shape index (κ2) is 7.47. The van der Waals surface area contributed by atoms with E-state index in [4.69, 9.17) is 28.3 Å². The van der Waals surface area contributed by atoms with E-state index >= 15 is 0 Å². The first-order valence-electron chi connectivity index (χ1n) is 8.00. The number of phenols is 1. The number of hydrogen-bond donors (Lipinski definition) is 3. The number of carbonyl (C=O) groups excluding carboxylic acids is 1. The molecule has 0 saturated heterocycles. The fourth-order valence-corrected chi connectivity index (χ4v) is 3.65. The molecule has 0 bridgehead atoms. The van der Waals surface area contributed by atoms with Gasteiger partial charge in [0.1, 0.15) is 12.2 Å². The molecule has 5 nitrogen and oxygen atoms in total. The van der Waals surface area contributed by atoms with E-state index in [1.807, 2.05) is 25.1 Å². The third-order valence-electron chi connectivity index (χ3n) is 4.21. The van der Waals surface area contributed by atoms with Gasteiger partial charge in [-0.15, -0.1) is 0 Å². The van der Waals surface area contributed by atoms with Crippen molar-refractivity contribution < 1.29 is 19.8 Å². The number of aryl methyl sites for hydroxylation is 1. The minimum absolute atomic E-state index is 0.202. The molecular weight excluding hydrogens is 389 g/mol. The van der Waals surface area contributed by atoms with Gasteiger partial charge in [0.05, 0.1) is 10.0 Å². The highest BCUT2D eigenvalue weighted by Crippen LogP contribution is 2.41. The molecule has 27 heavy (non-hydrogen) atoms. The Labute approximate surface area is 165 Å². The van der Waals surface area contributed by atoms with Crippen LogP contribution < -0.4 is 5.32 Å². The molecular formula is C20H15Cl2NO4. The van der Waals surface area contributed by atoms with E-state index in [1.54, 1.807) is 12.1 Å². The average molecular weight is 404 g/mol. The summed E-state index contributed by atoms with van der Waals surface area (Å²) in [6.45, 7) is 1.83. The summed E-state index contributed by atoms with van der Waals surface area (Å²) >= 11 is 12.9. The molecule has 0 radical (unpaired) electrons. The van der Waals surface area contributed by atoms with Crippen molar-refractivity contribution in [2.45, 2.75) is 13.3 Å². The molecule has 138 valence electrons. The lowest BCUT2D eigenvalue weighted by molar-refractivity contribution is -0.139. The van der Waals surface area contributed by atoms with Crippen molar-refractivity contribution in [3.05, 3.63) is 58.1 Å². The number of hydrogen-bond acceptors (Lipinski definition) is 3. The molecule has 0 aromatic heterocycles. The SMILES string of the molecule is Cc1c(O)ccc2c(-c3c(Cl)cc(NC(=O)CC(=O)O)cc3Cl)cccc12. The van der Waals surface area contributed by atoms with Gasteiger partial charge in [-0.05, 0) is 47.0 Å². The first-order chi connectivity index (χ1) is 12.8. The fraction of sp³-hybridized carbons (Fsp3) is 0.100. The van der Waals surface area contributed by atoms with Crippen LogP contribution in [0.25, 0.3) is 21.9 Å². The van der Waals surface area contributed by atoms with E-state index in [9.17, 15) is 14.7 Å². The lowest BCUT2D eigenvalue weighted by Crippen LogP contribution is -2.15. The summed E-state index contributed by atoms with van der Waals surface area (Å²) in [5.41, 5.74) is 2.44. The Hall–Kier alpha value is -2.76. The van der Waals surface area contributed by atoms with Crippen molar-refractivity contribution in [1.82, 2.24) is 0 Å². The molecule has 0 heterocycles. The Kier molecular flexibility index (Phi) is 5.26. The third kappa shape index (κ3) is 3.84. The fourth-order valence-electron chi connectivity index (χ4n) is 2.96. The van der Waals surface area contributed by atoms with Crippen molar-refractivity contribution >= 4 is 51.5 Å². The number of benzene rings is 3. The smallest absolute Gasteiger partial charge is 0.312 e. The lowest BCUT2D eigenvalue weighted by Gasteiger charge is -2.14. The molecule has 0 spiro atoms. The predicted octanol–water partition coefficient (Wildman–Crippen LogP) is 5.24. The second-order valence-corrected chi connectivity index (χ2v) is 6.86. The molecule has 3 aromatic carbocycles. The number of aliphatic carboxylic acids is 1. The number of carboxylic acid groups (broad SMARTS) is 1. The van der Waals surface area contributed by atoms with Crippen molar-refractivity contribution in [3.63, 3.8) is 0 Å². The van der Waals surface area contributed by atoms with Crippen LogP contribution in [0.4, 0.5) is 5.69 Å². The molecule has 3 rings (SSSR count). The van der Waals surface area contributed by atoms with Crippen LogP contribution in [0.2, 0.25) is 10.0 Å². The number of carbonyl (C=O) groups is 2. The van der Waals surface area contributed by atoms with Gasteiger partial charge in [0.2, 0.25) is 5.91 Å². The van der Waals surface area contributed by atoms with Gasteiger partial charge in [-0.1, -0.05) is 47.5 Å². The van der Waals surface area contributed by atoms with Crippen LogP contribution in [0.5, 0.6) is 5.75 Å². The quantitative estimate of drug-likeness (QED) is 0.519. The van der Waals surface area contributed by atoms with Gasteiger partial charge in [-0.25, -0.2) is 0 Å². The minimum Gasteiger partial charge on any atom is -0.508 e. The minimum atomic E-state index is -1.23. The van der Waals surface area contributed by atoms with Gasteiger partial charge in [0.15, 0.2) is 0 Å². The van der Waals surface area contributed by atoms with Crippen molar-refractivity contribution in [2.75, 3.05) is 5.32 Å². The summed E-state index contributed by atoms with van der Waals surface area (Å²) in [4.78, 5) is 22.3. The Morgan fingerprint density at radius 3 is 2.33 bits per heavy atom. The highest BCUT2D eigenvalue weighted by molar-refractivity contribution is 6.40. The van der Waals surface area contributed by atoms with Crippen molar-refractivity contribution in [1.29, 1.82) is 0 Å². The molecule has 0 aliphatic rings. The molecule has 0 unspecified atom stereocenters. The topological polar surface area (TPSA) is 86.6 Å². The van der Waals surface area contributed by atoms with Crippen LogP contribution >= 0.6 is 23.2 Å². The van der Waals surface area contributed by atoms with Crippen LogP contribution in [0, 0.1) is 6.92 Å². The molecule has 3 aromatic rings. The highest BCUT2D eigenvalue weighted by Gasteiger charge is 2.16. The Morgan fingerprint density at radius 1 is 1.04 bits per heavy atom. The van der Waals surface area contributed by atoms with Crippen LogP contribution in [-0.4, -0.2) is 22.1 Å². The van der Waals surface area contributed by atoms with Crippen molar-refractivity contribution in [3.8, 4) is 16.9 Å². The number of nitrogens with one attached hydrogen (secondary N) is 1. The first-order valence-corrected chi connectivity index (χ1v) is 8.76. The number of amides is 1. The van der Waals surface area contributed by atoms with Gasteiger partial charge in [-0.3, -0.25) is 9.59 Å². The summed E-state index contributed by atoms with van der Waals surface area (Å²) in [5.74, 6) is -1.69. The van der Waals surface area contributed by atoms with Crippen LogP contribution in [0.3, 0.4) is 0 Å².